The summed E-state index contributed by atoms with van der Waals surface area (Å²) in [6.45, 7) is 4.07. The van der Waals surface area contributed by atoms with E-state index in [9.17, 15) is 9.90 Å². The van der Waals surface area contributed by atoms with Crippen LogP contribution in [0.25, 0.3) is 0 Å². The van der Waals surface area contributed by atoms with Gasteiger partial charge in [-0.2, -0.15) is 0 Å². The molecule has 0 aliphatic rings. The van der Waals surface area contributed by atoms with Gasteiger partial charge in [-0.3, -0.25) is 4.79 Å². The lowest BCUT2D eigenvalue weighted by atomic mass is 10.0. The van der Waals surface area contributed by atoms with Gasteiger partial charge in [0.05, 0.1) is 5.60 Å². The van der Waals surface area contributed by atoms with Crippen LogP contribution in [-0.4, -0.2) is 36.9 Å². The van der Waals surface area contributed by atoms with Gasteiger partial charge in [-0.1, -0.05) is 17.7 Å². The maximum atomic E-state index is 12.0. The first-order chi connectivity index (χ1) is 8.87. The molecule has 1 aromatic rings. The zero-order valence-corrected chi connectivity index (χ0v) is 12.3. The van der Waals surface area contributed by atoms with Crippen LogP contribution in [0.2, 0.25) is 5.02 Å². The maximum Gasteiger partial charge on any atom is 0.251 e. The van der Waals surface area contributed by atoms with Crippen molar-refractivity contribution in [1.29, 1.82) is 0 Å². The summed E-state index contributed by atoms with van der Waals surface area (Å²) in [4.78, 5) is 12.0. The Hall–Kier alpha value is -1.10. The molecule has 0 aliphatic heterocycles. The topological polar surface area (TPSA) is 58.6 Å². The number of carbonyl (C=O) groups excluding carboxylic acids is 1. The second kappa shape index (κ2) is 6.89. The van der Waals surface area contributed by atoms with Crippen LogP contribution >= 0.6 is 11.6 Å². The Bertz CT molecular complexity index is 446. The van der Waals surface area contributed by atoms with Crippen molar-refractivity contribution in [3.05, 3.63) is 34.3 Å². The Morgan fingerprint density at radius 1 is 1.53 bits per heavy atom. The number of ether oxygens (including phenoxy) is 1. The summed E-state index contributed by atoms with van der Waals surface area (Å²) >= 11 is 5.97. The summed E-state index contributed by atoms with van der Waals surface area (Å²) in [5.41, 5.74) is 0.270. The molecule has 1 rings (SSSR count). The van der Waals surface area contributed by atoms with E-state index in [-0.39, 0.29) is 12.5 Å². The molecule has 1 atom stereocenters. The van der Waals surface area contributed by atoms with Gasteiger partial charge in [0, 0.05) is 37.3 Å². The van der Waals surface area contributed by atoms with Crippen LogP contribution in [0.15, 0.2) is 18.2 Å². The molecule has 5 heteroatoms. The Kier molecular flexibility index (Phi) is 5.79. The van der Waals surface area contributed by atoms with Crippen molar-refractivity contribution in [2.75, 3.05) is 20.3 Å². The van der Waals surface area contributed by atoms with E-state index in [1.54, 1.807) is 39.2 Å². The van der Waals surface area contributed by atoms with Crippen molar-refractivity contribution in [3.8, 4) is 0 Å². The molecular formula is C14H20ClNO3. The van der Waals surface area contributed by atoms with Gasteiger partial charge >= 0.3 is 0 Å². The number of rotatable bonds is 6. The van der Waals surface area contributed by atoms with Crippen LogP contribution in [0.3, 0.4) is 0 Å². The molecule has 0 radical (unpaired) electrons. The number of aliphatic hydroxyl groups is 1. The smallest absolute Gasteiger partial charge is 0.251 e. The van der Waals surface area contributed by atoms with Crippen molar-refractivity contribution >= 4 is 17.5 Å². The highest BCUT2D eigenvalue weighted by Gasteiger charge is 2.21. The number of hydrogen-bond donors (Lipinski definition) is 2. The molecule has 1 aromatic carbocycles. The van der Waals surface area contributed by atoms with E-state index in [1.165, 1.54) is 0 Å². The maximum absolute atomic E-state index is 12.0. The molecule has 0 aliphatic carbocycles. The SMILES string of the molecule is COCCC(C)(O)CNC(=O)c1cccc(Cl)c1C. The quantitative estimate of drug-likeness (QED) is 0.842. The third-order valence-electron chi connectivity index (χ3n) is 2.99. The van der Waals surface area contributed by atoms with Crippen molar-refractivity contribution in [2.45, 2.75) is 25.9 Å². The molecule has 1 amide bonds. The van der Waals surface area contributed by atoms with E-state index in [4.69, 9.17) is 16.3 Å². The van der Waals surface area contributed by atoms with Gasteiger partial charge in [-0.05, 0) is 31.5 Å². The number of benzene rings is 1. The number of halogens is 1. The van der Waals surface area contributed by atoms with Crippen molar-refractivity contribution < 1.29 is 14.6 Å². The number of methoxy groups -OCH3 is 1. The first kappa shape index (κ1) is 16.0. The molecule has 0 saturated heterocycles. The summed E-state index contributed by atoms with van der Waals surface area (Å²) in [6, 6.07) is 5.18. The molecule has 0 bridgehead atoms. The summed E-state index contributed by atoms with van der Waals surface area (Å²) in [6.07, 6.45) is 0.457. The van der Waals surface area contributed by atoms with Gasteiger partial charge in [0.25, 0.3) is 5.91 Å². The largest absolute Gasteiger partial charge is 0.388 e. The Balaban J connectivity index is 2.63. The normalized spacial score (nSPS) is 13.9. The minimum atomic E-state index is -0.988. The molecule has 0 heterocycles. The monoisotopic (exact) mass is 285 g/mol. The van der Waals surface area contributed by atoms with Gasteiger partial charge in [-0.25, -0.2) is 0 Å². The van der Waals surface area contributed by atoms with Crippen molar-refractivity contribution in [1.82, 2.24) is 5.32 Å². The van der Waals surface area contributed by atoms with Gasteiger partial charge in [0.1, 0.15) is 0 Å². The van der Waals surface area contributed by atoms with Gasteiger partial charge in [0.2, 0.25) is 0 Å². The molecule has 4 nitrogen and oxygen atoms in total. The molecule has 0 spiro atoms. The molecule has 0 saturated carbocycles. The number of nitrogens with one attached hydrogen (secondary N) is 1. The van der Waals surface area contributed by atoms with Gasteiger partial charge in [0.15, 0.2) is 0 Å². The molecule has 106 valence electrons. The highest BCUT2D eigenvalue weighted by molar-refractivity contribution is 6.31. The van der Waals surface area contributed by atoms with E-state index >= 15 is 0 Å². The number of hydrogen-bond acceptors (Lipinski definition) is 3. The fourth-order valence-corrected chi connectivity index (χ4v) is 1.80. The minimum absolute atomic E-state index is 0.168. The zero-order chi connectivity index (χ0) is 14.5. The van der Waals surface area contributed by atoms with Crippen LogP contribution in [0.1, 0.15) is 29.3 Å². The number of amides is 1. The zero-order valence-electron chi connectivity index (χ0n) is 11.5. The molecular weight excluding hydrogens is 266 g/mol. The summed E-state index contributed by atoms with van der Waals surface area (Å²) < 4.78 is 4.91. The minimum Gasteiger partial charge on any atom is -0.388 e. The predicted octanol–water partition coefficient (Wildman–Crippen LogP) is 2.17. The van der Waals surface area contributed by atoms with Crippen LogP contribution in [0.5, 0.6) is 0 Å². The van der Waals surface area contributed by atoms with Gasteiger partial charge < -0.3 is 15.2 Å². The fourth-order valence-electron chi connectivity index (χ4n) is 1.63. The first-order valence-electron chi connectivity index (χ1n) is 6.12. The van der Waals surface area contributed by atoms with Crippen LogP contribution in [0, 0.1) is 6.92 Å². The Morgan fingerprint density at radius 2 is 2.21 bits per heavy atom. The Labute approximate surface area is 118 Å². The molecule has 2 N–H and O–H groups in total. The summed E-state index contributed by atoms with van der Waals surface area (Å²) in [5.74, 6) is -0.238. The second-order valence-electron chi connectivity index (χ2n) is 4.83. The lowest BCUT2D eigenvalue weighted by Crippen LogP contribution is -2.41. The number of carbonyl (C=O) groups is 1. The second-order valence-corrected chi connectivity index (χ2v) is 5.24. The summed E-state index contributed by atoms with van der Waals surface area (Å²) in [5, 5.41) is 13.3. The van der Waals surface area contributed by atoms with E-state index in [0.29, 0.717) is 23.6 Å². The molecule has 0 aromatic heterocycles. The average molecular weight is 286 g/mol. The molecule has 19 heavy (non-hydrogen) atoms. The standard InChI is InChI=1S/C14H20ClNO3/c1-10-11(5-4-6-12(10)15)13(17)16-9-14(2,18)7-8-19-3/h4-6,18H,7-9H2,1-3H3,(H,16,17). The van der Waals surface area contributed by atoms with Crippen molar-refractivity contribution in [2.24, 2.45) is 0 Å². The fraction of sp³-hybridized carbons (Fsp3) is 0.500. The highest BCUT2D eigenvalue weighted by Crippen LogP contribution is 2.18. The van der Waals surface area contributed by atoms with Gasteiger partial charge in [-0.15, -0.1) is 0 Å². The van der Waals surface area contributed by atoms with E-state index in [2.05, 4.69) is 5.32 Å². The average Bonchev–Trinajstić information content (AvgIpc) is 2.37. The lowest BCUT2D eigenvalue weighted by Gasteiger charge is -2.23. The van der Waals surface area contributed by atoms with Crippen molar-refractivity contribution in [3.63, 3.8) is 0 Å². The van der Waals surface area contributed by atoms with Crippen LogP contribution in [-0.2, 0) is 4.74 Å². The first-order valence-corrected chi connectivity index (χ1v) is 6.50. The lowest BCUT2D eigenvalue weighted by molar-refractivity contribution is 0.0243. The molecule has 0 fully saturated rings. The third kappa shape index (κ3) is 4.82. The summed E-state index contributed by atoms with van der Waals surface area (Å²) in [7, 11) is 1.57. The van der Waals surface area contributed by atoms with E-state index in [1.807, 2.05) is 0 Å². The van der Waals surface area contributed by atoms with E-state index < -0.39 is 5.60 Å². The predicted molar refractivity (Wildman–Crippen MR) is 75.6 cm³/mol. The Morgan fingerprint density at radius 3 is 2.84 bits per heavy atom. The van der Waals surface area contributed by atoms with E-state index in [0.717, 1.165) is 5.56 Å². The van der Waals surface area contributed by atoms with Crippen LogP contribution < -0.4 is 5.32 Å². The molecule has 1 unspecified atom stereocenters. The van der Waals surface area contributed by atoms with Crippen LogP contribution in [0.4, 0.5) is 0 Å². The highest BCUT2D eigenvalue weighted by atomic mass is 35.5. The third-order valence-corrected chi connectivity index (χ3v) is 3.40.